The van der Waals surface area contributed by atoms with E-state index in [4.69, 9.17) is 4.98 Å². The minimum absolute atomic E-state index is 0.333. The number of aromatic nitrogens is 2. The van der Waals surface area contributed by atoms with Crippen molar-refractivity contribution in [1.82, 2.24) is 15.3 Å². The van der Waals surface area contributed by atoms with Crippen molar-refractivity contribution in [3.05, 3.63) is 47.9 Å². The first kappa shape index (κ1) is 23.5. The number of nitrogens with one attached hydrogen (secondary N) is 3. The van der Waals surface area contributed by atoms with Gasteiger partial charge >= 0.3 is 5.97 Å². The average Bonchev–Trinajstić information content (AvgIpc) is 2.85. The smallest absolute Gasteiger partial charge is 0.324 e. The standard InChI is InChI=1S/C24H28N6O4/c31-21(20(24(33)34)23(32)29-18-5-2-10-25-14-18)19(30-13-3-11-26-15-30)9-8-17-7-6-16-4-1-12-27-22(16)28-17/h2,5-7,10,13-14,19-20,26H,1,3-4,8-9,11-12,15H2,(H2-,27,28,29,32,33,34)/p+1/t19?,20-/m0/s1. The van der Waals surface area contributed by atoms with Crippen molar-refractivity contribution in [2.75, 3.05) is 30.4 Å². The third-order valence-electron chi connectivity index (χ3n) is 6.06. The van der Waals surface area contributed by atoms with Crippen molar-refractivity contribution < 1.29 is 24.1 Å². The molecule has 4 N–H and O–H groups in total. The van der Waals surface area contributed by atoms with E-state index in [1.165, 1.54) is 18.0 Å². The van der Waals surface area contributed by atoms with E-state index in [0.717, 1.165) is 37.4 Å². The molecule has 2 atom stereocenters. The summed E-state index contributed by atoms with van der Waals surface area (Å²) in [6.07, 6.45) is 8.42. The van der Waals surface area contributed by atoms with Gasteiger partial charge in [0.2, 0.25) is 23.7 Å². The summed E-state index contributed by atoms with van der Waals surface area (Å²) in [4.78, 5) is 46.9. The summed E-state index contributed by atoms with van der Waals surface area (Å²) in [5, 5.41) is 18.8. The van der Waals surface area contributed by atoms with Crippen LogP contribution < -0.4 is 16.0 Å². The van der Waals surface area contributed by atoms with Gasteiger partial charge in [0.25, 0.3) is 0 Å². The molecule has 2 aliphatic heterocycles. The Morgan fingerprint density at radius 2 is 2.09 bits per heavy atom. The molecule has 0 saturated heterocycles. The zero-order valence-electron chi connectivity index (χ0n) is 18.9. The number of carboxylic acid groups (broad SMARTS) is 1. The van der Waals surface area contributed by atoms with Crippen LogP contribution in [0.1, 0.15) is 30.5 Å². The Bertz CT molecular complexity index is 1090. The van der Waals surface area contributed by atoms with Crippen LogP contribution in [-0.4, -0.2) is 69.3 Å². The predicted molar refractivity (Wildman–Crippen MR) is 126 cm³/mol. The van der Waals surface area contributed by atoms with Crippen LogP contribution in [0, 0.1) is 5.92 Å². The molecule has 0 fully saturated rings. The third-order valence-corrected chi connectivity index (χ3v) is 6.06. The summed E-state index contributed by atoms with van der Waals surface area (Å²) in [7, 11) is 0. The van der Waals surface area contributed by atoms with Crippen LogP contribution in [0.15, 0.2) is 36.7 Å². The Morgan fingerprint density at radius 1 is 1.21 bits per heavy atom. The molecule has 0 aromatic carbocycles. The molecule has 0 spiro atoms. The van der Waals surface area contributed by atoms with E-state index in [1.54, 1.807) is 16.7 Å². The number of amides is 1. The van der Waals surface area contributed by atoms with E-state index in [-0.39, 0.29) is 0 Å². The van der Waals surface area contributed by atoms with Gasteiger partial charge in [0.1, 0.15) is 12.0 Å². The maximum Gasteiger partial charge on any atom is 0.324 e. The van der Waals surface area contributed by atoms with Gasteiger partial charge in [-0.1, -0.05) is 6.07 Å². The zero-order chi connectivity index (χ0) is 23.9. The Balaban J connectivity index is 1.54. The van der Waals surface area contributed by atoms with Crippen LogP contribution in [0.3, 0.4) is 0 Å². The van der Waals surface area contributed by atoms with E-state index in [9.17, 15) is 19.5 Å². The fourth-order valence-electron chi connectivity index (χ4n) is 4.31. The minimum Gasteiger partial charge on any atom is -0.480 e. The van der Waals surface area contributed by atoms with Crippen molar-refractivity contribution in [2.24, 2.45) is 5.92 Å². The van der Waals surface area contributed by atoms with Gasteiger partial charge in [-0.15, -0.1) is 0 Å². The molecule has 0 saturated carbocycles. The molecule has 2 aliphatic rings. The lowest BCUT2D eigenvalue weighted by atomic mass is 9.92. The Morgan fingerprint density at radius 3 is 2.82 bits per heavy atom. The molecule has 0 radical (unpaired) electrons. The van der Waals surface area contributed by atoms with Crippen molar-refractivity contribution in [1.29, 1.82) is 0 Å². The van der Waals surface area contributed by atoms with Crippen LogP contribution >= 0.6 is 0 Å². The molecular weight excluding hydrogens is 436 g/mol. The fraction of sp³-hybridized carbons (Fsp3) is 0.417. The Labute approximate surface area is 197 Å². The molecule has 0 bridgehead atoms. The maximum absolute atomic E-state index is 13.5. The van der Waals surface area contributed by atoms with Crippen LogP contribution in [-0.2, 0) is 27.2 Å². The van der Waals surface area contributed by atoms with Crippen molar-refractivity contribution in [3.8, 4) is 0 Å². The molecule has 10 heteroatoms. The fourth-order valence-corrected chi connectivity index (χ4v) is 4.31. The number of carboxylic acids is 1. The molecule has 0 aliphatic carbocycles. The molecule has 1 unspecified atom stereocenters. The van der Waals surface area contributed by atoms with E-state index in [1.807, 2.05) is 12.3 Å². The number of carbonyl (C=O) groups excluding carboxylic acids is 2. The van der Waals surface area contributed by atoms with E-state index in [2.05, 4.69) is 27.0 Å². The number of fused-ring (bicyclic) bond motifs is 1. The summed E-state index contributed by atoms with van der Waals surface area (Å²) in [6.45, 7) is 2.07. The van der Waals surface area contributed by atoms with Gasteiger partial charge in [0.15, 0.2) is 6.67 Å². The number of pyridine rings is 2. The first-order valence-corrected chi connectivity index (χ1v) is 11.5. The Kier molecular flexibility index (Phi) is 7.58. The van der Waals surface area contributed by atoms with Gasteiger partial charge in [-0.25, -0.2) is 9.56 Å². The van der Waals surface area contributed by atoms with Crippen LogP contribution in [0.25, 0.3) is 0 Å². The molecule has 1 amide bonds. The number of Topliss-reactive ketones (excluding diaryl/α,β-unsaturated/α-hetero) is 1. The van der Waals surface area contributed by atoms with Crippen molar-refractivity contribution in [3.63, 3.8) is 0 Å². The van der Waals surface area contributed by atoms with E-state index < -0.39 is 29.6 Å². The Hall–Kier alpha value is -3.66. The molecule has 2 aromatic heterocycles. The molecule has 10 nitrogen and oxygen atoms in total. The lowest BCUT2D eigenvalue weighted by Crippen LogP contribution is -2.49. The number of aliphatic carboxylic acids is 1. The van der Waals surface area contributed by atoms with Crippen molar-refractivity contribution in [2.45, 2.75) is 38.1 Å². The van der Waals surface area contributed by atoms with Gasteiger partial charge in [-0.3, -0.25) is 24.7 Å². The number of hydrogen-bond acceptors (Lipinski definition) is 7. The lowest BCUT2D eigenvalue weighted by Gasteiger charge is -2.21. The van der Waals surface area contributed by atoms with Gasteiger partial charge < -0.3 is 15.7 Å². The van der Waals surface area contributed by atoms with Crippen LogP contribution in [0.5, 0.6) is 0 Å². The van der Waals surface area contributed by atoms with Gasteiger partial charge in [-0.05, 0) is 43.0 Å². The molecule has 4 rings (SSSR count). The largest absolute Gasteiger partial charge is 0.480 e. The first-order chi connectivity index (χ1) is 16.5. The molecule has 34 heavy (non-hydrogen) atoms. The highest BCUT2D eigenvalue weighted by Gasteiger charge is 2.43. The van der Waals surface area contributed by atoms with E-state index in [0.29, 0.717) is 31.6 Å². The number of anilines is 2. The quantitative estimate of drug-likeness (QED) is 0.319. The van der Waals surface area contributed by atoms with Crippen LogP contribution in [0.2, 0.25) is 0 Å². The molecule has 2 aromatic rings. The zero-order valence-corrected chi connectivity index (χ0v) is 18.9. The average molecular weight is 466 g/mol. The number of carbonyl (C=O) groups is 3. The van der Waals surface area contributed by atoms with Gasteiger partial charge in [-0.2, -0.15) is 0 Å². The van der Waals surface area contributed by atoms with Gasteiger partial charge in [0.05, 0.1) is 11.9 Å². The van der Waals surface area contributed by atoms with E-state index >= 15 is 0 Å². The van der Waals surface area contributed by atoms with Crippen molar-refractivity contribution >= 4 is 35.4 Å². The normalized spacial score (nSPS) is 16.9. The highest BCUT2D eigenvalue weighted by Crippen LogP contribution is 2.21. The highest BCUT2D eigenvalue weighted by molar-refractivity contribution is 6.20. The number of nitrogens with zero attached hydrogens (tertiary/aromatic N) is 3. The highest BCUT2D eigenvalue weighted by atomic mass is 16.4. The number of ketones is 1. The monoisotopic (exact) mass is 465 g/mol. The predicted octanol–water partition coefficient (Wildman–Crippen LogP) is 1.08. The SMILES string of the molecule is O=C(O)[C@H](C(=O)Nc1cccnc1)C(=O)C(CCc1ccc2c(n1)NCCC2)[N+]1=CCCNC1. The number of aryl methyl sites for hydroxylation is 2. The second-order valence-corrected chi connectivity index (χ2v) is 8.44. The summed E-state index contributed by atoms with van der Waals surface area (Å²) < 4.78 is 1.80. The third kappa shape index (κ3) is 5.63. The topological polar surface area (TPSA) is 136 Å². The molecule has 4 heterocycles. The summed E-state index contributed by atoms with van der Waals surface area (Å²) in [6, 6.07) is 6.43. The summed E-state index contributed by atoms with van der Waals surface area (Å²) in [5.41, 5.74) is 2.33. The lowest BCUT2D eigenvalue weighted by molar-refractivity contribution is -0.558. The first-order valence-electron chi connectivity index (χ1n) is 11.5. The summed E-state index contributed by atoms with van der Waals surface area (Å²) in [5.74, 6) is -3.96. The van der Waals surface area contributed by atoms with Crippen LogP contribution in [0.4, 0.5) is 11.5 Å². The minimum atomic E-state index is -1.83. The summed E-state index contributed by atoms with van der Waals surface area (Å²) >= 11 is 0. The number of hydrogen-bond donors (Lipinski definition) is 4. The number of rotatable bonds is 9. The maximum atomic E-state index is 13.5. The van der Waals surface area contributed by atoms with Gasteiger partial charge in [0, 0.05) is 37.8 Å². The second-order valence-electron chi connectivity index (χ2n) is 8.44. The molecule has 178 valence electrons. The molecular formula is C24H29N6O4+. The second kappa shape index (κ2) is 11.0.